The first-order chi connectivity index (χ1) is 17.3. The highest BCUT2D eigenvalue weighted by Crippen LogP contribution is 2.32. The van der Waals surface area contributed by atoms with E-state index in [2.05, 4.69) is 11.1 Å². The van der Waals surface area contributed by atoms with Gasteiger partial charge in [-0.2, -0.15) is 0 Å². The number of aromatic nitrogens is 1. The number of carbonyl (C=O) groups is 2. The molecular formula is C28H35N3O5. The fourth-order valence-electron chi connectivity index (χ4n) is 4.96. The Morgan fingerprint density at radius 1 is 1.33 bits per heavy atom. The SMILES string of the molecule is C[C@@H]1CN([C@@H](C)CO)C(=O)c2cc(C3=CCCC3)cnc2O[C@H]1CN(C)Cc1ccccc1C(=O)O. The van der Waals surface area contributed by atoms with E-state index in [4.69, 9.17) is 4.74 Å². The third-order valence-electron chi connectivity index (χ3n) is 7.11. The monoisotopic (exact) mass is 493 g/mol. The average molecular weight is 494 g/mol. The van der Waals surface area contributed by atoms with Crippen LogP contribution >= 0.6 is 0 Å². The maximum Gasteiger partial charge on any atom is 0.336 e. The molecule has 2 N–H and O–H groups in total. The number of pyridine rings is 1. The highest BCUT2D eigenvalue weighted by atomic mass is 16.5. The van der Waals surface area contributed by atoms with Gasteiger partial charge in [-0.05, 0) is 62.1 Å². The number of aliphatic hydroxyl groups is 1. The number of aliphatic hydroxyl groups excluding tert-OH is 1. The van der Waals surface area contributed by atoms with Gasteiger partial charge in [0.1, 0.15) is 11.7 Å². The van der Waals surface area contributed by atoms with Crippen molar-refractivity contribution in [1.29, 1.82) is 0 Å². The second-order valence-corrected chi connectivity index (χ2v) is 9.98. The van der Waals surface area contributed by atoms with Gasteiger partial charge in [0.15, 0.2) is 0 Å². The van der Waals surface area contributed by atoms with Crippen molar-refractivity contribution in [3.63, 3.8) is 0 Å². The molecule has 3 atom stereocenters. The van der Waals surface area contributed by atoms with Crippen molar-refractivity contribution in [1.82, 2.24) is 14.8 Å². The highest BCUT2D eigenvalue weighted by Gasteiger charge is 2.34. The third-order valence-corrected chi connectivity index (χ3v) is 7.11. The molecule has 0 saturated carbocycles. The molecule has 0 unspecified atom stereocenters. The summed E-state index contributed by atoms with van der Waals surface area (Å²) in [4.78, 5) is 33.5. The average Bonchev–Trinajstić information content (AvgIpc) is 3.40. The fourth-order valence-corrected chi connectivity index (χ4v) is 4.96. The maximum atomic E-state index is 13.6. The summed E-state index contributed by atoms with van der Waals surface area (Å²) in [6, 6.07) is 8.51. The molecule has 2 heterocycles. The lowest BCUT2D eigenvalue weighted by molar-refractivity contribution is 0.0325. The summed E-state index contributed by atoms with van der Waals surface area (Å²) in [5.74, 6) is -0.887. The van der Waals surface area contributed by atoms with Gasteiger partial charge in [-0.15, -0.1) is 0 Å². The van der Waals surface area contributed by atoms with Crippen LogP contribution in [0.2, 0.25) is 0 Å². The van der Waals surface area contributed by atoms with Crippen molar-refractivity contribution < 1.29 is 24.5 Å². The molecule has 4 rings (SSSR count). The molecule has 0 fully saturated rings. The Kier molecular flexibility index (Phi) is 8.06. The lowest BCUT2D eigenvalue weighted by Gasteiger charge is -2.37. The number of aromatic carboxylic acids is 1. The molecule has 0 radical (unpaired) electrons. The van der Waals surface area contributed by atoms with Crippen LogP contribution in [0.15, 0.2) is 42.6 Å². The van der Waals surface area contributed by atoms with E-state index in [0.29, 0.717) is 31.1 Å². The number of likely N-dealkylation sites (N-methyl/N-ethyl adjacent to an activating group) is 1. The second-order valence-electron chi connectivity index (χ2n) is 9.98. The number of hydrogen-bond donors (Lipinski definition) is 2. The minimum atomic E-state index is -0.951. The summed E-state index contributed by atoms with van der Waals surface area (Å²) in [5, 5.41) is 19.4. The number of amides is 1. The van der Waals surface area contributed by atoms with Crippen molar-refractivity contribution in [3.8, 4) is 5.88 Å². The number of hydrogen-bond acceptors (Lipinski definition) is 6. The Balaban J connectivity index is 1.62. The van der Waals surface area contributed by atoms with E-state index in [1.165, 1.54) is 5.57 Å². The van der Waals surface area contributed by atoms with E-state index in [1.807, 2.05) is 44.0 Å². The Morgan fingerprint density at radius 3 is 2.81 bits per heavy atom. The number of carbonyl (C=O) groups excluding carboxylic acids is 1. The van der Waals surface area contributed by atoms with Crippen LogP contribution in [0.25, 0.3) is 5.57 Å². The number of ether oxygens (including phenoxy) is 1. The first-order valence-corrected chi connectivity index (χ1v) is 12.6. The van der Waals surface area contributed by atoms with Crippen molar-refractivity contribution in [2.24, 2.45) is 5.92 Å². The quantitative estimate of drug-likeness (QED) is 0.578. The van der Waals surface area contributed by atoms with Crippen LogP contribution in [0.5, 0.6) is 5.88 Å². The first-order valence-electron chi connectivity index (χ1n) is 12.6. The number of carboxylic acid groups (broad SMARTS) is 1. The zero-order valence-corrected chi connectivity index (χ0v) is 21.2. The van der Waals surface area contributed by atoms with E-state index in [0.717, 1.165) is 30.4 Å². The molecule has 0 saturated heterocycles. The van der Waals surface area contributed by atoms with Gasteiger partial charge in [0.05, 0.1) is 18.2 Å². The molecule has 8 nitrogen and oxygen atoms in total. The van der Waals surface area contributed by atoms with Crippen LogP contribution < -0.4 is 4.74 Å². The van der Waals surface area contributed by atoms with E-state index >= 15 is 0 Å². The van der Waals surface area contributed by atoms with Crippen molar-refractivity contribution >= 4 is 17.4 Å². The number of rotatable bonds is 8. The summed E-state index contributed by atoms with van der Waals surface area (Å²) >= 11 is 0. The van der Waals surface area contributed by atoms with E-state index < -0.39 is 5.97 Å². The minimum Gasteiger partial charge on any atom is -0.478 e. The van der Waals surface area contributed by atoms with E-state index in [1.54, 1.807) is 23.2 Å². The van der Waals surface area contributed by atoms with Gasteiger partial charge in [-0.1, -0.05) is 31.2 Å². The van der Waals surface area contributed by atoms with Gasteiger partial charge in [0.2, 0.25) is 5.88 Å². The maximum absolute atomic E-state index is 13.6. The van der Waals surface area contributed by atoms with Gasteiger partial charge in [0.25, 0.3) is 5.91 Å². The Hall–Kier alpha value is -3.23. The molecule has 2 aromatic rings. The Bertz CT molecular complexity index is 1150. The van der Waals surface area contributed by atoms with Crippen LogP contribution in [0.1, 0.15) is 65.0 Å². The van der Waals surface area contributed by atoms with E-state index in [9.17, 15) is 19.8 Å². The predicted octanol–water partition coefficient (Wildman–Crippen LogP) is 3.70. The molecule has 8 heteroatoms. The number of allylic oxidation sites excluding steroid dienone is 2. The number of fused-ring (bicyclic) bond motifs is 1. The molecular weight excluding hydrogens is 458 g/mol. The molecule has 1 aromatic carbocycles. The zero-order chi connectivity index (χ0) is 25.8. The molecule has 1 amide bonds. The molecule has 0 spiro atoms. The van der Waals surface area contributed by atoms with Crippen molar-refractivity contribution in [3.05, 3.63) is 64.9 Å². The summed E-state index contributed by atoms with van der Waals surface area (Å²) < 4.78 is 6.39. The van der Waals surface area contributed by atoms with Crippen LogP contribution in [0.4, 0.5) is 0 Å². The van der Waals surface area contributed by atoms with Gasteiger partial charge in [0, 0.05) is 31.7 Å². The van der Waals surface area contributed by atoms with Crippen LogP contribution in [-0.2, 0) is 6.54 Å². The van der Waals surface area contributed by atoms with Gasteiger partial charge in [-0.3, -0.25) is 9.69 Å². The summed E-state index contributed by atoms with van der Waals surface area (Å²) in [6.07, 6.45) is 6.77. The minimum absolute atomic E-state index is 0.0488. The standard InChI is InChI=1S/C28H35N3O5/c1-18-14-31(19(2)17-32)27(33)24-12-22(20-8-4-5-9-20)13-29-26(24)36-25(18)16-30(3)15-21-10-6-7-11-23(21)28(34)35/h6-8,10-13,18-19,25,32H,4-5,9,14-17H2,1-3H3,(H,34,35)/t18-,19+,25+/m1/s1. The molecule has 192 valence electrons. The summed E-state index contributed by atoms with van der Waals surface area (Å²) in [7, 11) is 1.93. The first kappa shape index (κ1) is 25.9. The third kappa shape index (κ3) is 5.60. The second kappa shape index (κ2) is 11.2. The van der Waals surface area contributed by atoms with Gasteiger partial charge >= 0.3 is 5.97 Å². The Labute approximate surface area is 212 Å². The Morgan fingerprint density at radius 2 is 2.11 bits per heavy atom. The molecule has 1 aliphatic carbocycles. The summed E-state index contributed by atoms with van der Waals surface area (Å²) in [5.41, 5.74) is 3.56. The zero-order valence-electron chi connectivity index (χ0n) is 21.2. The number of nitrogens with zero attached hydrogens (tertiary/aromatic N) is 3. The van der Waals surface area contributed by atoms with Crippen LogP contribution in [0.3, 0.4) is 0 Å². The molecule has 0 bridgehead atoms. The van der Waals surface area contributed by atoms with Crippen LogP contribution in [-0.4, -0.2) is 75.8 Å². The van der Waals surface area contributed by atoms with Crippen molar-refractivity contribution in [2.75, 3.05) is 26.7 Å². The number of benzene rings is 1. The normalized spacial score (nSPS) is 20.9. The van der Waals surface area contributed by atoms with Crippen LogP contribution in [0, 0.1) is 5.92 Å². The smallest absolute Gasteiger partial charge is 0.336 e. The lowest BCUT2D eigenvalue weighted by Crippen LogP contribution is -2.50. The highest BCUT2D eigenvalue weighted by molar-refractivity contribution is 5.97. The summed E-state index contributed by atoms with van der Waals surface area (Å²) in [6.45, 7) is 5.11. The van der Waals surface area contributed by atoms with Crippen molar-refractivity contribution in [2.45, 2.75) is 51.8 Å². The molecule has 1 aromatic heterocycles. The molecule has 1 aliphatic heterocycles. The molecule has 2 aliphatic rings. The predicted molar refractivity (Wildman–Crippen MR) is 137 cm³/mol. The number of carboxylic acids is 1. The largest absolute Gasteiger partial charge is 0.478 e. The molecule has 36 heavy (non-hydrogen) atoms. The fraction of sp³-hybridized carbons (Fsp3) is 0.464. The van der Waals surface area contributed by atoms with Gasteiger partial charge < -0.3 is 19.8 Å². The topological polar surface area (TPSA) is 103 Å². The van der Waals surface area contributed by atoms with E-state index in [-0.39, 0.29) is 36.1 Å². The van der Waals surface area contributed by atoms with Gasteiger partial charge in [-0.25, -0.2) is 9.78 Å². The lowest BCUT2D eigenvalue weighted by atomic mass is 9.98.